The first kappa shape index (κ1) is 19.3. The van der Waals surface area contributed by atoms with E-state index in [1.54, 1.807) is 16.7 Å². The zero-order valence-corrected chi connectivity index (χ0v) is 15.9. The van der Waals surface area contributed by atoms with Gasteiger partial charge < -0.3 is 19.1 Å². The summed E-state index contributed by atoms with van der Waals surface area (Å²) in [6, 6.07) is 7.68. The molecule has 1 aliphatic rings. The Morgan fingerprint density at radius 2 is 1.76 bits per heavy atom. The Balaban J connectivity index is 2.57. The Morgan fingerprint density at radius 1 is 1.12 bits per heavy atom. The van der Waals surface area contributed by atoms with Gasteiger partial charge in [-0.25, -0.2) is 9.59 Å². The van der Waals surface area contributed by atoms with E-state index in [1.165, 1.54) is 14.2 Å². The summed E-state index contributed by atoms with van der Waals surface area (Å²) in [7, 11) is 2.56. The zero-order valence-electron chi connectivity index (χ0n) is 15.1. The van der Waals surface area contributed by atoms with Crippen LogP contribution in [-0.2, 0) is 23.8 Å². The Hall–Kier alpha value is -1.99. The fourth-order valence-corrected chi connectivity index (χ4v) is 3.52. The number of thioether (sulfide) groups is 1. The molecular weight excluding hydrogens is 342 g/mol. The summed E-state index contributed by atoms with van der Waals surface area (Å²) in [5.74, 6) is -1.20. The van der Waals surface area contributed by atoms with E-state index in [2.05, 4.69) is 20.8 Å². The molecule has 0 N–H and O–H groups in total. The predicted molar refractivity (Wildman–Crippen MR) is 96.4 cm³/mol. The number of methoxy groups -OCH3 is 2. The number of hydrogen-bond acceptors (Lipinski definition) is 7. The van der Waals surface area contributed by atoms with Crippen LogP contribution in [-0.4, -0.2) is 44.2 Å². The first-order valence-corrected chi connectivity index (χ1v) is 8.63. The van der Waals surface area contributed by atoms with Gasteiger partial charge in [-0.2, -0.15) is 0 Å². The lowest BCUT2D eigenvalue weighted by molar-refractivity contribution is -0.140. The summed E-state index contributed by atoms with van der Waals surface area (Å²) in [4.78, 5) is 27.1. The van der Waals surface area contributed by atoms with Crippen LogP contribution in [0.3, 0.4) is 0 Å². The topological polar surface area (TPSA) is 65.1 Å². The number of rotatable bonds is 4. The van der Waals surface area contributed by atoms with Crippen LogP contribution in [0.1, 0.15) is 20.8 Å². The van der Waals surface area contributed by atoms with Crippen molar-refractivity contribution in [2.24, 2.45) is 0 Å². The van der Waals surface area contributed by atoms with Crippen LogP contribution in [0.4, 0.5) is 5.69 Å². The SMILES string of the molecule is COC(=O)C1=C(C(=O)OC)N(c2ccccc2SC(C)(C)C)COC1. The van der Waals surface area contributed by atoms with Gasteiger partial charge in [-0.1, -0.05) is 32.9 Å². The first-order chi connectivity index (χ1) is 11.8. The van der Waals surface area contributed by atoms with Crippen LogP contribution in [0.5, 0.6) is 0 Å². The van der Waals surface area contributed by atoms with Crippen LogP contribution in [0.15, 0.2) is 40.4 Å². The Morgan fingerprint density at radius 3 is 2.36 bits per heavy atom. The van der Waals surface area contributed by atoms with Crippen molar-refractivity contribution < 1.29 is 23.8 Å². The van der Waals surface area contributed by atoms with Crippen molar-refractivity contribution in [2.45, 2.75) is 30.4 Å². The molecule has 0 amide bonds. The molecule has 25 heavy (non-hydrogen) atoms. The first-order valence-electron chi connectivity index (χ1n) is 7.81. The smallest absolute Gasteiger partial charge is 0.355 e. The summed E-state index contributed by atoms with van der Waals surface area (Å²) in [6.45, 7) is 6.48. The van der Waals surface area contributed by atoms with Gasteiger partial charge in [-0.15, -0.1) is 11.8 Å². The molecule has 1 heterocycles. The highest BCUT2D eigenvalue weighted by Gasteiger charge is 2.33. The maximum Gasteiger partial charge on any atom is 0.355 e. The zero-order chi connectivity index (χ0) is 18.6. The molecule has 6 nitrogen and oxygen atoms in total. The second-order valence-electron chi connectivity index (χ2n) is 6.40. The van der Waals surface area contributed by atoms with Crippen LogP contribution in [0.25, 0.3) is 0 Å². The van der Waals surface area contributed by atoms with Crippen molar-refractivity contribution in [2.75, 3.05) is 32.5 Å². The molecule has 1 aromatic rings. The van der Waals surface area contributed by atoms with Crippen LogP contribution >= 0.6 is 11.8 Å². The monoisotopic (exact) mass is 365 g/mol. The van der Waals surface area contributed by atoms with Gasteiger partial charge in [-0.3, -0.25) is 0 Å². The van der Waals surface area contributed by atoms with Gasteiger partial charge >= 0.3 is 11.9 Å². The lowest BCUT2D eigenvalue weighted by Gasteiger charge is -2.33. The number of carbonyl (C=O) groups excluding carboxylic acids is 2. The van der Waals surface area contributed by atoms with Gasteiger partial charge in [0.05, 0.1) is 32.1 Å². The van der Waals surface area contributed by atoms with E-state index in [0.717, 1.165) is 10.6 Å². The summed E-state index contributed by atoms with van der Waals surface area (Å²) >= 11 is 1.67. The molecule has 0 aromatic heterocycles. The van der Waals surface area contributed by atoms with Gasteiger partial charge in [0.15, 0.2) is 0 Å². The maximum atomic E-state index is 12.4. The molecule has 0 unspecified atom stereocenters. The third kappa shape index (κ3) is 4.55. The molecule has 0 radical (unpaired) electrons. The van der Waals surface area contributed by atoms with Crippen LogP contribution in [0, 0.1) is 0 Å². The number of esters is 2. The Bertz CT molecular complexity index is 693. The molecule has 0 saturated heterocycles. The minimum atomic E-state index is -0.606. The van der Waals surface area contributed by atoms with Crippen molar-refractivity contribution in [3.8, 4) is 0 Å². The largest absolute Gasteiger partial charge is 0.466 e. The van der Waals surface area contributed by atoms with E-state index in [1.807, 2.05) is 24.3 Å². The van der Waals surface area contributed by atoms with Crippen LogP contribution < -0.4 is 4.90 Å². The number of hydrogen-bond donors (Lipinski definition) is 0. The average Bonchev–Trinajstić information content (AvgIpc) is 2.58. The maximum absolute atomic E-state index is 12.4. The number of para-hydroxylation sites is 1. The quantitative estimate of drug-likeness (QED) is 0.600. The van der Waals surface area contributed by atoms with Crippen LogP contribution in [0.2, 0.25) is 0 Å². The highest BCUT2D eigenvalue weighted by Crippen LogP contribution is 2.40. The molecule has 0 atom stereocenters. The van der Waals surface area contributed by atoms with Crippen molar-refractivity contribution in [3.05, 3.63) is 35.5 Å². The molecule has 2 rings (SSSR count). The van der Waals surface area contributed by atoms with E-state index in [-0.39, 0.29) is 29.4 Å². The summed E-state index contributed by atoms with van der Waals surface area (Å²) in [6.07, 6.45) is 0. The summed E-state index contributed by atoms with van der Waals surface area (Å²) < 4.78 is 15.2. The summed E-state index contributed by atoms with van der Waals surface area (Å²) in [5.41, 5.74) is 1.09. The van der Waals surface area contributed by atoms with Crippen molar-refractivity contribution in [3.63, 3.8) is 0 Å². The van der Waals surface area contributed by atoms with E-state index >= 15 is 0 Å². The second kappa shape index (κ2) is 7.93. The fourth-order valence-electron chi connectivity index (χ4n) is 2.43. The van der Waals surface area contributed by atoms with Crippen molar-refractivity contribution in [1.29, 1.82) is 0 Å². The van der Waals surface area contributed by atoms with Crippen molar-refractivity contribution >= 4 is 29.4 Å². The lowest BCUT2D eigenvalue weighted by Crippen LogP contribution is -2.39. The average molecular weight is 365 g/mol. The lowest BCUT2D eigenvalue weighted by atomic mass is 10.1. The molecule has 1 aliphatic heterocycles. The molecule has 1 aromatic carbocycles. The molecule has 0 spiro atoms. The number of nitrogens with zero attached hydrogens (tertiary/aromatic N) is 1. The predicted octanol–water partition coefficient (Wildman–Crippen LogP) is 2.97. The normalized spacial score (nSPS) is 15.2. The van der Waals surface area contributed by atoms with E-state index in [0.29, 0.717) is 0 Å². The third-order valence-corrected chi connectivity index (χ3v) is 4.58. The minimum absolute atomic E-state index is 0.00217. The second-order valence-corrected chi connectivity index (χ2v) is 8.27. The Labute approximate surface area is 152 Å². The highest BCUT2D eigenvalue weighted by molar-refractivity contribution is 8.00. The minimum Gasteiger partial charge on any atom is -0.466 e. The number of carbonyl (C=O) groups is 2. The molecule has 0 bridgehead atoms. The van der Waals surface area contributed by atoms with Gasteiger partial charge in [0, 0.05) is 9.64 Å². The molecule has 0 saturated carbocycles. The fraction of sp³-hybridized carbons (Fsp3) is 0.444. The van der Waals surface area contributed by atoms with Crippen molar-refractivity contribution in [1.82, 2.24) is 0 Å². The van der Waals surface area contributed by atoms with Gasteiger partial charge in [0.25, 0.3) is 0 Å². The number of benzene rings is 1. The van der Waals surface area contributed by atoms with Gasteiger partial charge in [0.1, 0.15) is 12.4 Å². The molecule has 0 aliphatic carbocycles. The highest BCUT2D eigenvalue weighted by atomic mass is 32.2. The van der Waals surface area contributed by atoms with E-state index in [4.69, 9.17) is 14.2 Å². The van der Waals surface area contributed by atoms with E-state index < -0.39 is 11.9 Å². The molecule has 7 heteroatoms. The Kier molecular flexibility index (Phi) is 6.13. The standard InChI is InChI=1S/C18H23NO5S/c1-18(2,3)25-14-9-7-6-8-13(14)19-11-24-10-12(16(20)22-4)15(19)17(21)23-5/h6-9H,10-11H2,1-5H3. The van der Waals surface area contributed by atoms with Gasteiger partial charge in [-0.05, 0) is 12.1 Å². The third-order valence-electron chi connectivity index (χ3n) is 3.41. The van der Waals surface area contributed by atoms with Gasteiger partial charge in [0.2, 0.25) is 0 Å². The van der Waals surface area contributed by atoms with E-state index in [9.17, 15) is 9.59 Å². The number of ether oxygens (including phenoxy) is 3. The summed E-state index contributed by atoms with van der Waals surface area (Å²) in [5, 5.41) is 0. The molecular formula is C18H23NO5S. The molecule has 136 valence electrons. The number of anilines is 1. The molecule has 0 fully saturated rings.